The molecular formula is C18H32N2O2Si. The van der Waals surface area contributed by atoms with Crippen molar-refractivity contribution < 1.29 is 8.85 Å². The fraction of sp³-hybridized carbons (Fsp3) is 0.556. The van der Waals surface area contributed by atoms with Gasteiger partial charge in [0.15, 0.2) is 0 Å². The van der Waals surface area contributed by atoms with E-state index in [0.717, 1.165) is 44.7 Å². The highest BCUT2D eigenvalue weighted by atomic mass is 28.4. The Morgan fingerprint density at radius 3 is 2.43 bits per heavy atom. The molecule has 0 spiro atoms. The van der Waals surface area contributed by atoms with Crippen LogP contribution in [0, 0.1) is 0 Å². The predicted molar refractivity (Wildman–Crippen MR) is 99.6 cm³/mol. The van der Waals surface area contributed by atoms with E-state index in [9.17, 15) is 0 Å². The van der Waals surface area contributed by atoms with Crippen LogP contribution < -0.4 is 5.32 Å². The van der Waals surface area contributed by atoms with Crippen LogP contribution in [0.25, 0.3) is 0 Å². The lowest BCUT2D eigenvalue weighted by molar-refractivity contribution is 0.241. The number of hydrogen-bond acceptors (Lipinski definition) is 4. The number of nitrogens with zero attached hydrogens (tertiary/aromatic N) is 1. The van der Waals surface area contributed by atoms with Crippen LogP contribution in [0.5, 0.6) is 0 Å². The summed E-state index contributed by atoms with van der Waals surface area (Å²) in [5.41, 5.74) is 1.31. The van der Waals surface area contributed by atoms with Gasteiger partial charge in [-0.15, -0.1) is 0 Å². The van der Waals surface area contributed by atoms with Gasteiger partial charge in [-0.1, -0.05) is 43.8 Å². The molecule has 1 N–H and O–H groups in total. The third-order valence-electron chi connectivity index (χ3n) is 4.26. The highest BCUT2D eigenvalue weighted by Crippen LogP contribution is 2.18. The third kappa shape index (κ3) is 7.31. The Balaban J connectivity index is 2.19. The molecule has 0 saturated carbocycles. The van der Waals surface area contributed by atoms with Crippen LogP contribution in [0.2, 0.25) is 12.1 Å². The monoisotopic (exact) mass is 336 g/mol. The standard InChI is InChI=1S/C18H32N2O2Si/c1-5-20(17-18-11-8-7-9-12-18)15-14-19-13-10-16-23(6-2,21-3)22-4/h5,7-9,11-12,19H,1,6,10,13-17H2,2-4H3. The molecule has 0 bridgehead atoms. The van der Waals surface area contributed by atoms with Gasteiger partial charge >= 0.3 is 8.56 Å². The van der Waals surface area contributed by atoms with Crippen LogP contribution in [0.1, 0.15) is 18.9 Å². The summed E-state index contributed by atoms with van der Waals surface area (Å²) in [6.45, 7) is 9.88. The molecule has 1 aromatic carbocycles. The van der Waals surface area contributed by atoms with Crippen LogP contribution in [0.4, 0.5) is 0 Å². The maximum absolute atomic E-state index is 5.63. The zero-order chi connectivity index (χ0) is 17.0. The maximum Gasteiger partial charge on any atom is 0.337 e. The third-order valence-corrected chi connectivity index (χ3v) is 7.94. The number of hydrogen-bond donors (Lipinski definition) is 1. The molecule has 1 rings (SSSR count). The van der Waals surface area contributed by atoms with Crippen molar-refractivity contribution in [3.63, 3.8) is 0 Å². The molecule has 0 atom stereocenters. The normalized spacial score (nSPS) is 11.4. The lowest BCUT2D eigenvalue weighted by Crippen LogP contribution is -2.39. The summed E-state index contributed by atoms with van der Waals surface area (Å²) in [4.78, 5) is 2.23. The SMILES string of the molecule is C=CN(CCNCCC[Si](CC)(OC)OC)Cc1ccccc1. The van der Waals surface area contributed by atoms with Crippen LogP contribution in [0.3, 0.4) is 0 Å². The Kier molecular flexibility index (Phi) is 9.87. The highest BCUT2D eigenvalue weighted by molar-refractivity contribution is 6.67. The summed E-state index contributed by atoms with van der Waals surface area (Å²) in [5, 5.41) is 3.50. The van der Waals surface area contributed by atoms with Gasteiger partial charge in [-0.25, -0.2) is 0 Å². The fourth-order valence-corrected chi connectivity index (χ4v) is 4.86. The van der Waals surface area contributed by atoms with E-state index in [1.807, 2.05) is 12.3 Å². The van der Waals surface area contributed by atoms with E-state index in [1.54, 1.807) is 14.2 Å². The Hall–Kier alpha value is -1.14. The van der Waals surface area contributed by atoms with Crippen molar-refractivity contribution in [2.75, 3.05) is 33.9 Å². The molecule has 0 fully saturated rings. The minimum atomic E-state index is -1.92. The first-order valence-corrected chi connectivity index (χ1v) is 10.6. The van der Waals surface area contributed by atoms with Crippen LogP contribution in [-0.2, 0) is 15.4 Å². The molecule has 5 heteroatoms. The van der Waals surface area contributed by atoms with Gasteiger partial charge in [0.25, 0.3) is 0 Å². The maximum atomic E-state index is 5.63. The molecule has 1 aromatic rings. The topological polar surface area (TPSA) is 33.7 Å². The van der Waals surface area contributed by atoms with Crippen LogP contribution in [0.15, 0.2) is 43.1 Å². The zero-order valence-corrected chi connectivity index (χ0v) is 15.9. The van der Waals surface area contributed by atoms with E-state index in [-0.39, 0.29) is 0 Å². The number of nitrogens with one attached hydrogen (secondary N) is 1. The summed E-state index contributed by atoms with van der Waals surface area (Å²) in [6, 6.07) is 12.5. The molecule has 0 saturated heterocycles. The van der Waals surface area contributed by atoms with Gasteiger partial charge in [-0.3, -0.25) is 0 Å². The van der Waals surface area contributed by atoms with E-state index >= 15 is 0 Å². The molecule has 130 valence electrons. The summed E-state index contributed by atoms with van der Waals surface area (Å²) >= 11 is 0. The second-order valence-electron chi connectivity index (χ2n) is 5.66. The molecule has 4 nitrogen and oxygen atoms in total. The van der Waals surface area contributed by atoms with Gasteiger partial charge in [-0.2, -0.15) is 0 Å². The lowest BCUT2D eigenvalue weighted by atomic mass is 10.2. The van der Waals surface area contributed by atoms with Crippen molar-refractivity contribution in [2.24, 2.45) is 0 Å². The minimum Gasteiger partial charge on any atom is -0.398 e. The van der Waals surface area contributed by atoms with Crippen molar-refractivity contribution >= 4 is 8.56 Å². The van der Waals surface area contributed by atoms with Crippen LogP contribution >= 0.6 is 0 Å². The Morgan fingerprint density at radius 2 is 1.87 bits per heavy atom. The Labute approximate surface area is 142 Å². The van der Waals surface area contributed by atoms with E-state index < -0.39 is 8.56 Å². The zero-order valence-electron chi connectivity index (χ0n) is 14.9. The second-order valence-corrected chi connectivity index (χ2v) is 9.51. The predicted octanol–water partition coefficient (Wildman–Crippen LogP) is 3.37. The smallest absolute Gasteiger partial charge is 0.337 e. The fourth-order valence-electron chi connectivity index (χ4n) is 2.64. The molecular weight excluding hydrogens is 304 g/mol. The summed E-state index contributed by atoms with van der Waals surface area (Å²) in [6.07, 6.45) is 3.01. The Bertz CT molecular complexity index is 416. The molecule has 0 radical (unpaired) electrons. The highest BCUT2D eigenvalue weighted by Gasteiger charge is 2.32. The van der Waals surface area contributed by atoms with Crippen molar-refractivity contribution in [2.45, 2.75) is 32.0 Å². The van der Waals surface area contributed by atoms with Gasteiger partial charge in [0.2, 0.25) is 0 Å². The van der Waals surface area contributed by atoms with Gasteiger partial charge in [-0.05, 0) is 36.8 Å². The first kappa shape index (κ1) is 19.9. The molecule has 0 aliphatic carbocycles. The van der Waals surface area contributed by atoms with E-state index in [2.05, 4.69) is 48.0 Å². The van der Waals surface area contributed by atoms with Gasteiger partial charge in [0, 0.05) is 33.9 Å². The quantitative estimate of drug-likeness (QED) is 0.442. The van der Waals surface area contributed by atoms with E-state index in [4.69, 9.17) is 8.85 Å². The van der Waals surface area contributed by atoms with Crippen molar-refractivity contribution in [3.8, 4) is 0 Å². The average molecular weight is 337 g/mol. The summed E-state index contributed by atoms with van der Waals surface area (Å²) < 4.78 is 11.3. The summed E-state index contributed by atoms with van der Waals surface area (Å²) in [5.74, 6) is 0. The number of benzene rings is 1. The van der Waals surface area contributed by atoms with Gasteiger partial charge < -0.3 is 19.1 Å². The molecule has 0 aliphatic heterocycles. The molecule has 0 amide bonds. The molecule has 23 heavy (non-hydrogen) atoms. The largest absolute Gasteiger partial charge is 0.398 e. The van der Waals surface area contributed by atoms with E-state index in [1.165, 1.54) is 5.56 Å². The first-order chi connectivity index (χ1) is 11.2. The molecule has 0 aromatic heterocycles. The van der Waals surface area contributed by atoms with E-state index in [0.29, 0.717) is 0 Å². The lowest BCUT2D eigenvalue weighted by Gasteiger charge is -2.26. The van der Waals surface area contributed by atoms with Gasteiger partial charge in [0.05, 0.1) is 0 Å². The molecule has 0 aliphatic rings. The van der Waals surface area contributed by atoms with Crippen molar-refractivity contribution in [1.29, 1.82) is 0 Å². The minimum absolute atomic E-state index is 0.908. The number of rotatable bonds is 13. The molecule has 0 unspecified atom stereocenters. The Morgan fingerprint density at radius 1 is 1.17 bits per heavy atom. The summed E-state index contributed by atoms with van der Waals surface area (Å²) in [7, 11) is 1.63. The first-order valence-electron chi connectivity index (χ1n) is 8.41. The average Bonchev–Trinajstić information content (AvgIpc) is 2.61. The van der Waals surface area contributed by atoms with Crippen molar-refractivity contribution in [1.82, 2.24) is 10.2 Å². The molecule has 0 heterocycles. The van der Waals surface area contributed by atoms with Crippen LogP contribution in [-0.4, -0.2) is 47.3 Å². The second kappa shape index (κ2) is 11.4. The van der Waals surface area contributed by atoms with Gasteiger partial charge in [0.1, 0.15) is 0 Å². The van der Waals surface area contributed by atoms with Crippen molar-refractivity contribution in [3.05, 3.63) is 48.7 Å².